The van der Waals surface area contributed by atoms with E-state index in [1.54, 1.807) is 23.7 Å². The molecule has 1 amide bonds. The van der Waals surface area contributed by atoms with E-state index in [2.05, 4.69) is 4.98 Å². The molecule has 174 valence electrons. The number of fused-ring (bicyclic) bond motifs is 1. The van der Waals surface area contributed by atoms with Crippen LogP contribution in [-0.4, -0.2) is 59.1 Å². The summed E-state index contributed by atoms with van der Waals surface area (Å²) < 4.78 is 29.1. The maximum atomic E-state index is 13.2. The number of carbonyl (C=O) groups is 1. The molecule has 1 aromatic carbocycles. The van der Waals surface area contributed by atoms with E-state index in [1.165, 1.54) is 68.8 Å². The standard InChI is InChI=1S/C23H26N4O4S2/c28-21(20-16-24-23-27(22(20)29)14-15-32-23)25-10-12-26(13-11-25)33(30,31)19-8-6-18(7-9-19)17-4-2-1-3-5-17/h6-9,14-17H,1-5,10-13H2. The monoisotopic (exact) mass is 486 g/mol. The van der Waals surface area contributed by atoms with Crippen molar-refractivity contribution in [1.82, 2.24) is 18.6 Å². The molecule has 0 radical (unpaired) electrons. The molecule has 0 unspecified atom stereocenters. The maximum absolute atomic E-state index is 13.2. The third-order valence-corrected chi connectivity index (χ3v) is 9.38. The lowest BCUT2D eigenvalue weighted by molar-refractivity contribution is 0.0695. The van der Waals surface area contributed by atoms with Crippen molar-refractivity contribution in [3.05, 3.63) is 63.5 Å². The van der Waals surface area contributed by atoms with Crippen LogP contribution in [0.3, 0.4) is 0 Å². The molecule has 2 aliphatic rings. The van der Waals surface area contributed by atoms with E-state index < -0.39 is 21.5 Å². The Kier molecular flexibility index (Phi) is 6.07. The highest BCUT2D eigenvalue weighted by Crippen LogP contribution is 2.33. The number of amides is 1. The van der Waals surface area contributed by atoms with Crippen molar-refractivity contribution in [3.8, 4) is 0 Å². The van der Waals surface area contributed by atoms with Crippen LogP contribution in [-0.2, 0) is 10.0 Å². The third kappa shape index (κ3) is 4.22. The van der Waals surface area contributed by atoms with Crippen LogP contribution in [0.2, 0.25) is 0 Å². The summed E-state index contributed by atoms with van der Waals surface area (Å²) in [4.78, 5) is 32.0. The van der Waals surface area contributed by atoms with Crippen molar-refractivity contribution in [2.75, 3.05) is 26.2 Å². The molecular formula is C23H26N4O4S2. The first-order chi connectivity index (χ1) is 15.9. The molecule has 0 N–H and O–H groups in total. The molecular weight excluding hydrogens is 460 g/mol. The highest BCUT2D eigenvalue weighted by Gasteiger charge is 2.31. The number of hydrogen-bond donors (Lipinski definition) is 0. The average Bonchev–Trinajstić information content (AvgIpc) is 3.35. The van der Waals surface area contributed by atoms with E-state index in [4.69, 9.17) is 0 Å². The second-order valence-corrected chi connectivity index (χ2v) is 11.4. The van der Waals surface area contributed by atoms with Crippen LogP contribution in [0.15, 0.2) is 51.7 Å². The van der Waals surface area contributed by atoms with Gasteiger partial charge in [-0.25, -0.2) is 13.4 Å². The maximum Gasteiger partial charge on any atom is 0.271 e. The van der Waals surface area contributed by atoms with Crippen LogP contribution in [0.4, 0.5) is 0 Å². The summed E-state index contributed by atoms with van der Waals surface area (Å²) in [6.07, 6.45) is 8.99. The zero-order valence-corrected chi connectivity index (χ0v) is 19.9. The SMILES string of the molecule is O=C(c1cnc2sccn2c1=O)N1CCN(S(=O)(=O)c2ccc(C3CCCCC3)cc2)CC1. The molecule has 0 bridgehead atoms. The van der Waals surface area contributed by atoms with Crippen LogP contribution < -0.4 is 5.56 Å². The lowest BCUT2D eigenvalue weighted by Crippen LogP contribution is -2.51. The zero-order valence-electron chi connectivity index (χ0n) is 18.2. The minimum absolute atomic E-state index is 0.000471. The van der Waals surface area contributed by atoms with Gasteiger partial charge in [0.2, 0.25) is 10.0 Å². The largest absolute Gasteiger partial charge is 0.336 e. The van der Waals surface area contributed by atoms with Crippen LogP contribution in [0.1, 0.15) is 53.9 Å². The second-order valence-electron chi connectivity index (χ2n) is 8.63. The molecule has 3 aromatic rings. The van der Waals surface area contributed by atoms with Gasteiger partial charge in [0.15, 0.2) is 4.96 Å². The summed E-state index contributed by atoms with van der Waals surface area (Å²) in [5.74, 6) is 0.110. The van der Waals surface area contributed by atoms with Crippen molar-refractivity contribution >= 4 is 32.2 Å². The van der Waals surface area contributed by atoms with Crippen molar-refractivity contribution in [1.29, 1.82) is 0 Å². The molecule has 1 saturated carbocycles. The second kappa shape index (κ2) is 9.00. The molecule has 8 nitrogen and oxygen atoms in total. The number of piperazine rings is 1. The van der Waals surface area contributed by atoms with E-state index in [0.29, 0.717) is 10.9 Å². The minimum Gasteiger partial charge on any atom is -0.336 e. The van der Waals surface area contributed by atoms with Crippen molar-refractivity contribution in [2.45, 2.75) is 42.9 Å². The summed E-state index contributed by atoms with van der Waals surface area (Å²) in [5, 5.41) is 1.74. The lowest BCUT2D eigenvalue weighted by Gasteiger charge is -2.34. The molecule has 0 spiro atoms. The smallest absolute Gasteiger partial charge is 0.271 e. The van der Waals surface area contributed by atoms with Crippen LogP contribution in [0.25, 0.3) is 4.96 Å². The number of sulfonamides is 1. The first-order valence-electron chi connectivity index (χ1n) is 11.3. The molecule has 10 heteroatoms. The first-order valence-corrected chi connectivity index (χ1v) is 13.6. The summed E-state index contributed by atoms with van der Waals surface area (Å²) in [6, 6.07) is 7.31. The van der Waals surface area contributed by atoms with E-state index >= 15 is 0 Å². The van der Waals surface area contributed by atoms with Gasteiger partial charge >= 0.3 is 0 Å². The predicted molar refractivity (Wildman–Crippen MR) is 126 cm³/mol. The van der Waals surface area contributed by atoms with Gasteiger partial charge in [-0.1, -0.05) is 31.4 Å². The van der Waals surface area contributed by atoms with Gasteiger partial charge in [0.25, 0.3) is 11.5 Å². The Morgan fingerprint density at radius 3 is 2.39 bits per heavy atom. The Morgan fingerprint density at radius 2 is 1.70 bits per heavy atom. The summed E-state index contributed by atoms with van der Waals surface area (Å²) in [5.41, 5.74) is 0.811. The molecule has 3 heterocycles. The van der Waals surface area contributed by atoms with Crippen molar-refractivity contribution in [3.63, 3.8) is 0 Å². The first kappa shape index (κ1) is 22.2. The fourth-order valence-corrected chi connectivity index (χ4v) is 6.87. The molecule has 2 fully saturated rings. The van der Waals surface area contributed by atoms with E-state index in [0.717, 1.165) is 0 Å². The average molecular weight is 487 g/mol. The van der Waals surface area contributed by atoms with Gasteiger partial charge in [0.1, 0.15) is 5.56 Å². The van der Waals surface area contributed by atoms with Crippen LogP contribution >= 0.6 is 11.3 Å². The number of carbonyl (C=O) groups excluding carboxylic acids is 1. The number of thiazole rings is 1. The van der Waals surface area contributed by atoms with Gasteiger partial charge in [0, 0.05) is 44.0 Å². The van der Waals surface area contributed by atoms with Gasteiger partial charge in [-0.3, -0.25) is 14.0 Å². The molecule has 1 saturated heterocycles. The van der Waals surface area contributed by atoms with Gasteiger partial charge in [-0.2, -0.15) is 4.31 Å². The van der Waals surface area contributed by atoms with Gasteiger partial charge in [-0.05, 0) is 36.5 Å². The fraction of sp³-hybridized carbons (Fsp3) is 0.435. The number of hydrogen-bond acceptors (Lipinski definition) is 6. The number of rotatable bonds is 4. The molecule has 1 aliphatic carbocycles. The summed E-state index contributed by atoms with van der Waals surface area (Å²) >= 11 is 1.32. The molecule has 5 rings (SSSR count). The third-order valence-electron chi connectivity index (χ3n) is 6.69. The van der Waals surface area contributed by atoms with Crippen molar-refractivity contribution in [2.24, 2.45) is 0 Å². The zero-order chi connectivity index (χ0) is 23.0. The Morgan fingerprint density at radius 1 is 1.00 bits per heavy atom. The Labute approximate surface area is 196 Å². The quantitative estimate of drug-likeness (QED) is 0.565. The summed E-state index contributed by atoms with van der Waals surface area (Å²) in [7, 11) is -3.63. The normalized spacial score (nSPS) is 18.6. The van der Waals surface area contributed by atoms with E-state index in [-0.39, 0.29) is 36.6 Å². The number of aromatic nitrogens is 2. The highest BCUT2D eigenvalue weighted by molar-refractivity contribution is 7.89. The molecule has 0 atom stereocenters. The number of nitrogens with zero attached hydrogens (tertiary/aromatic N) is 4. The van der Waals surface area contributed by atoms with E-state index in [9.17, 15) is 18.0 Å². The highest BCUT2D eigenvalue weighted by atomic mass is 32.2. The lowest BCUT2D eigenvalue weighted by atomic mass is 9.84. The topological polar surface area (TPSA) is 92.1 Å². The molecule has 33 heavy (non-hydrogen) atoms. The molecule has 2 aromatic heterocycles. The Balaban J connectivity index is 1.26. The van der Waals surface area contributed by atoms with Gasteiger partial charge < -0.3 is 4.90 Å². The molecule has 1 aliphatic heterocycles. The van der Waals surface area contributed by atoms with Crippen LogP contribution in [0.5, 0.6) is 0 Å². The van der Waals surface area contributed by atoms with Crippen LogP contribution in [0, 0.1) is 0 Å². The van der Waals surface area contributed by atoms with Crippen molar-refractivity contribution < 1.29 is 13.2 Å². The van der Waals surface area contributed by atoms with Gasteiger partial charge in [-0.15, -0.1) is 11.3 Å². The predicted octanol–water partition coefficient (Wildman–Crippen LogP) is 2.95. The Hall–Kier alpha value is -2.56. The fourth-order valence-electron chi connectivity index (χ4n) is 4.77. The summed E-state index contributed by atoms with van der Waals surface area (Å²) in [6.45, 7) is 0.829. The minimum atomic E-state index is -3.63. The number of benzene rings is 1. The van der Waals surface area contributed by atoms with Gasteiger partial charge in [0.05, 0.1) is 4.90 Å². The van der Waals surface area contributed by atoms with E-state index in [1.807, 2.05) is 12.1 Å². The Bertz CT molecular complexity index is 1320.